The van der Waals surface area contributed by atoms with Crippen molar-refractivity contribution in [2.45, 2.75) is 71.2 Å². The van der Waals surface area contributed by atoms with E-state index in [0.29, 0.717) is 6.42 Å². The van der Waals surface area contributed by atoms with Crippen LogP contribution >= 0.6 is 20.7 Å². The first kappa shape index (κ1) is 20.6. The summed E-state index contributed by atoms with van der Waals surface area (Å²) < 4.78 is 25.0. The van der Waals surface area contributed by atoms with Crippen LogP contribution in [0.25, 0.3) is 0 Å². The maximum absolute atomic E-state index is 13.2. The van der Waals surface area contributed by atoms with E-state index >= 15 is 0 Å². The van der Waals surface area contributed by atoms with Crippen molar-refractivity contribution in [3.8, 4) is 0 Å². The molecule has 162 valence electrons. The molecule has 0 aromatic rings. The molecule has 2 bridgehead atoms. The molecular weight excluding hydrogens is 604 g/mol. The van der Waals surface area contributed by atoms with Crippen molar-refractivity contribution < 1.29 is 50.1 Å². The van der Waals surface area contributed by atoms with Gasteiger partial charge in [-0.05, 0) is 0 Å². The predicted octanol–water partition coefficient (Wildman–Crippen LogP) is -1.32. The Bertz CT molecular complexity index is 749. The number of alkyl halides is 2. The van der Waals surface area contributed by atoms with E-state index in [1.165, 1.54) is 0 Å². The molecule has 2 heterocycles. The van der Waals surface area contributed by atoms with E-state index in [2.05, 4.69) is 15.0 Å². The van der Waals surface area contributed by atoms with Crippen molar-refractivity contribution in [2.24, 2.45) is 23.7 Å². The van der Waals surface area contributed by atoms with Crippen LogP contribution in [0.2, 0.25) is 0 Å². The number of hydrogen-bond acceptors (Lipinski definition) is 7. The summed E-state index contributed by atoms with van der Waals surface area (Å²) >= 11 is -0.631. The van der Waals surface area contributed by atoms with Crippen LogP contribution in [0.1, 0.15) is 45.4 Å². The molecule has 0 spiro atoms. The fraction of sp³-hybridized carbons (Fsp3) is 0.800. The second kappa shape index (κ2) is 7.68. The summed E-state index contributed by atoms with van der Waals surface area (Å²) in [5.41, 5.74) is -0.391. The van der Waals surface area contributed by atoms with Crippen LogP contribution < -0.4 is 25.0 Å². The molecule has 8 atom stereocenters. The Morgan fingerprint density at radius 1 is 1.38 bits per heavy atom. The molecular formula is C20H26I2NO6-. The van der Waals surface area contributed by atoms with Gasteiger partial charge in [-0.15, -0.1) is 0 Å². The summed E-state index contributed by atoms with van der Waals surface area (Å²) in [4.78, 5) is 38.6. The molecule has 2 aliphatic heterocycles. The number of carbonyl (C=O) groups is 3. The summed E-state index contributed by atoms with van der Waals surface area (Å²) in [6, 6.07) is 0. The van der Waals surface area contributed by atoms with E-state index in [9.17, 15) is 14.4 Å². The average Bonchev–Trinajstić information content (AvgIpc) is 3.07. The summed E-state index contributed by atoms with van der Waals surface area (Å²) in [5.74, 6) is -2.05. The molecule has 8 unspecified atom stereocenters. The van der Waals surface area contributed by atoms with Gasteiger partial charge in [0.2, 0.25) is 0 Å². The van der Waals surface area contributed by atoms with Crippen molar-refractivity contribution in [1.82, 2.24) is 3.53 Å². The minimum absolute atomic E-state index is 0.0385. The maximum atomic E-state index is 13.2. The molecule has 7 nitrogen and oxygen atoms in total. The zero-order valence-electron chi connectivity index (χ0n) is 16.3. The Hall–Kier alpha value is -0.300. The molecule has 2 saturated heterocycles. The number of halogens is 2. The number of hydrogen-bond donors (Lipinski definition) is 1. The monoisotopic (exact) mass is 630 g/mol. The van der Waals surface area contributed by atoms with E-state index in [1.54, 1.807) is 0 Å². The van der Waals surface area contributed by atoms with Crippen LogP contribution in [-0.2, 0) is 28.6 Å². The first-order valence-electron chi connectivity index (χ1n) is 10.4. The van der Waals surface area contributed by atoms with Gasteiger partial charge in [0.25, 0.3) is 0 Å². The van der Waals surface area contributed by atoms with Gasteiger partial charge in [-0.3, -0.25) is 0 Å². The normalized spacial score (nSPS) is 42.1. The zero-order valence-corrected chi connectivity index (χ0v) is 20.6. The van der Waals surface area contributed by atoms with Crippen LogP contribution in [0.3, 0.4) is 0 Å². The Morgan fingerprint density at radius 3 is 2.72 bits per heavy atom. The molecule has 1 N–H and O–H groups in total. The predicted molar refractivity (Wildman–Crippen MR) is 108 cm³/mol. The van der Waals surface area contributed by atoms with E-state index < -0.39 is 50.4 Å². The van der Waals surface area contributed by atoms with Crippen molar-refractivity contribution in [3.63, 3.8) is 0 Å². The molecule has 3 saturated carbocycles. The summed E-state index contributed by atoms with van der Waals surface area (Å²) in [6.45, 7) is 2.06. The quantitative estimate of drug-likeness (QED) is 0.0709. The molecule has 0 aromatic carbocycles. The van der Waals surface area contributed by atoms with Crippen LogP contribution in [0.15, 0.2) is 0 Å². The van der Waals surface area contributed by atoms with Gasteiger partial charge in [-0.1, -0.05) is 0 Å². The van der Waals surface area contributed by atoms with Gasteiger partial charge >= 0.3 is 192 Å². The summed E-state index contributed by atoms with van der Waals surface area (Å²) in [5, 5.41) is 0. The topological polar surface area (TPSA) is 101 Å². The first-order chi connectivity index (χ1) is 14.0. The van der Waals surface area contributed by atoms with Crippen molar-refractivity contribution in [3.05, 3.63) is 0 Å². The van der Waals surface area contributed by atoms with E-state index in [4.69, 9.17) is 14.2 Å². The number of nitrogens with one attached hydrogen (secondary N) is 1. The van der Waals surface area contributed by atoms with Crippen LogP contribution in [0.4, 0.5) is 0 Å². The van der Waals surface area contributed by atoms with Gasteiger partial charge < -0.3 is 0 Å². The van der Waals surface area contributed by atoms with Gasteiger partial charge in [0.1, 0.15) is 0 Å². The third kappa shape index (κ3) is 3.37. The van der Waals surface area contributed by atoms with Gasteiger partial charge in [0, 0.05) is 0 Å². The third-order valence-corrected chi connectivity index (χ3v) is 13.0. The number of fused-ring (bicyclic) bond motifs is 1. The van der Waals surface area contributed by atoms with Crippen LogP contribution in [0, 0.1) is 23.7 Å². The van der Waals surface area contributed by atoms with E-state index in [0.717, 1.165) is 32.1 Å². The van der Waals surface area contributed by atoms with E-state index in [-0.39, 0.29) is 59.2 Å². The molecule has 5 rings (SSSR count). The third-order valence-electron chi connectivity index (χ3n) is 7.43. The number of rotatable bonds is 7. The molecule has 29 heavy (non-hydrogen) atoms. The number of esters is 3. The fourth-order valence-corrected chi connectivity index (χ4v) is 11.1. The fourth-order valence-electron chi connectivity index (χ4n) is 5.90. The van der Waals surface area contributed by atoms with Crippen LogP contribution in [-0.4, -0.2) is 48.2 Å². The first-order valence-corrected chi connectivity index (χ1v) is 15.5. The number of carbonyl (C=O) groups excluding carboxylic acids is 3. The molecule has 5 fully saturated rings. The van der Waals surface area contributed by atoms with E-state index in [1.807, 2.05) is 0 Å². The molecule has 5 aliphatic rings. The Balaban J connectivity index is 1.35. The van der Waals surface area contributed by atoms with Crippen molar-refractivity contribution >= 4 is 43.2 Å². The molecule has 9 heteroatoms. The van der Waals surface area contributed by atoms with Gasteiger partial charge in [-0.25, -0.2) is 0 Å². The van der Waals surface area contributed by atoms with Gasteiger partial charge in [0.05, 0.1) is 0 Å². The standard InChI is InChI=1S/C20H26I2NO6/c1-3-20(6-4-5-7-20)29-18(25)12-10-8-9-11(12)17(24)27-14(9)15(10)28-19(26)13(21-2)16-22-23-16/h9-16,23H,2-8H2,1H3/q-1. The van der Waals surface area contributed by atoms with Gasteiger partial charge in [-0.2, -0.15) is 0 Å². The van der Waals surface area contributed by atoms with Crippen molar-refractivity contribution in [1.29, 1.82) is 0 Å². The number of ether oxygens (including phenoxy) is 3. The Labute approximate surface area is 190 Å². The second-order valence-electron chi connectivity index (χ2n) is 8.76. The van der Waals surface area contributed by atoms with Crippen molar-refractivity contribution in [2.75, 3.05) is 0 Å². The molecule has 3 aliphatic carbocycles. The Morgan fingerprint density at radius 2 is 2.10 bits per heavy atom. The molecule has 0 amide bonds. The molecule has 0 radical (unpaired) electrons. The Kier molecular flexibility index (Phi) is 5.46. The summed E-state index contributed by atoms with van der Waals surface area (Å²) in [6.07, 6.45) is 4.47. The zero-order chi connectivity index (χ0) is 20.3. The average molecular weight is 630 g/mol. The molecule has 0 aromatic heterocycles. The van der Waals surface area contributed by atoms with Crippen LogP contribution in [0.5, 0.6) is 0 Å². The van der Waals surface area contributed by atoms with Gasteiger partial charge in [0.15, 0.2) is 0 Å². The SMILES string of the molecule is C=IC(C(=O)OC1C2CC3C1OC(=O)C3C2C(=O)OC1(CC)CCCC1)C1N[I-]1. The summed E-state index contributed by atoms with van der Waals surface area (Å²) in [7, 11) is 0. The minimum atomic E-state index is -0.549. The second-order valence-corrected chi connectivity index (χ2v) is 13.6.